The lowest BCUT2D eigenvalue weighted by Gasteiger charge is -2.20. The highest BCUT2D eigenvalue weighted by atomic mass is 35.5. The number of aromatic nitrogens is 1. The summed E-state index contributed by atoms with van der Waals surface area (Å²) < 4.78 is 0. The Labute approximate surface area is 121 Å². The van der Waals surface area contributed by atoms with Crippen molar-refractivity contribution in [2.45, 2.75) is 19.9 Å². The molecule has 0 unspecified atom stereocenters. The molecule has 0 bridgehead atoms. The van der Waals surface area contributed by atoms with Crippen LogP contribution in [0.25, 0.3) is 0 Å². The van der Waals surface area contributed by atoms with Crippen molar-refractivity contribution in [1.82, 2.24) is 15.2 Å². The molecule has 1 heterocycles. The molecule has 0 aliphatic rings. The Morgan fingerprint density at radius 3 is 2.63 bits per heavy atom. The van der Waals surface area contributed by atoms with Crippen molar-refractivity contribution < 1.29 is 0 Å². The van der Waals surface area contributed by atoms with Crippen molar-refractivity contribution in [2.24, 2.45) is 0 Å². The van der Waals surface area contributed by atoms with Crippen LogP contribution in [0.5, 0.6) is 0 Å². The molecule has 0 aromatic carbocycles. The van der Waals surface area contributed by atoms with Gasteiger partial charge in [0.25, 0.3) is 0 Å². The molecule has 1 N–H and O–H groups in total. The number of hydrogen-bond donors (Lipinski definition) is 1. The third-order valence-corrected chi connectivity index (χ3v) is 3.32. The first-order valence-corrected chi connectivity index (χ1v) is 7.13. The van der Waals surface area contributed by atoms with Gasteiger partial charge in [-0.05, 0) is 45.2 Å². The maximum Gasteiger partial charge on any atom is 0.128 e. The molecule has 0 fully saturated rings. The lowest BCUT2D eigenvalue weighted by molar-refractivity contribution is 0.401. The fourth-order valence-corrected chi connectivity index (χ4v) is 1.98. The van der Waals surface area contributed by atoms with Gasteiger partial charge in [-0.3, -0.25) is 0 Å². The molecule has 1 aromatic rings. The van der Waals surface area contributed by atoms with E-state index in [9.17, 15) is 0 Å². The van der Waals surface area contributed by atoms with Crippen LogP contribution in [0.1, 0.15) is 18.9 Å². The van der Waals surface area contributed by atoms with Gasteiger partial charge in [-0.25, -0.2) is 4.98 Å². The lowest BCUT2D eigenvalue weighted by Crippen LogP contribution is -2.24. The van der Waals surface area contributed by atoms with Gasteiger partial charge in [0.15, 0.2) is 0 Å². The van der Waals surface area contributed by atoms with E-state index in [-0.39, 0.29) is 0 Å². The summed E-state index contributed by atoms with van der Waals surface area (Å²) in [6, 6.07) is 2.07. The average Bonchev–Trinajstić information content (AvgIpc) is 2.37. The molecule has 0 aliphatic heterocycles. The van der Waals surface area contributed by atoms with Crippen molar-refractivity contribution in [3.05, 3.63) is 22.8 Å². The number of nitrogens with zero attached hydrogens (tertiary/aromatic N) is 3. The van der Waals surface area contributed by atoms with Gasteiger partial charge in [-0.2, -0.15) is 0 Å². The van der Waals surface area contributed by atoms with E-state index in [0.29, 0.717) is 0 Å². The van der Waals surface area contributed by atoms with Gasteiger partial charge in [0.05, 0.1) is 5.02 Å². The smallest absolute Gasteiger partial charge is 0.128 e. The van der Waals surface area contributed by atoms with Crippen molar-refractivity contribution in [2.75, 3.05) is 45.7 Å². The van der Waals surface area contributed by atoms with E-state index < -0.39 is 0 Å². The van der Waals surface area contributed by atoms with Gasteiger partial charge >= 0.3 is 0 Å². The van der Waals surface area contributed by atoms with Crippen LogP contribution in [0, 0.1) is 0 Å². The summed E-state index contributed by atoms with van der Waals surface area (Å²) in [7, 11) is 6.26. The summed E-state index contributed by atoms with van der Waals surface area (Å²) in [5.41, 5.74) is 1.10. The molecule has 19 heavy (non-hydrogen) atoms. The fraction of sp³-hybridized carbons (Fsp3) is 0.643. The Morgan fingerprint density at radius 1 is 1.26 bits per heavy atom. The molecule has 1 rings (SSSR count). The Bertz CT molecular complexity index is 382. The molecule has 108 valence electrons. The predicted molar refractivity (Wildman–Crippen MR) is 83.1 cm³/mol. The summed E-state index contributed by atoms with van der Waals surface area (Å²) in [6.07, 6.45) is 2.86. The van der Waals surface area contributed by atoms with E-state index >= 15 is 0 Å². The number of pyridine rings is 1. The zero-order valence-corrected chi connectivity index (χ0v) is 13.2. The molecule has 1 aromatic heterocycles. The molecule has 0 saturated heterocycles. The molecule has 0 radical (unpaired) electrons. The van der Waals surface area contributed by atoms with Crippen LogP contribution in [-0.4, -0.2) is 50.7 Å². The first-order valence-electron chi connectivity index (χ1n) is 6.75. The normalized spacial score (nSPS) is 11.1. The summed E-state index contributed by atoms with van der Waals surface area (Å²) in [6.45, 7) is 5.89. The van der Waals surface area contributed by atoms with Crippen LogP contribution in [0.2, 0.25) is 5.02 Å². The average molecular weight is 285 g/mol. The largest absolute Gasteiger partial charge is 0.360 e. The first kappa shape index (κ1) is 16.2. The highest BCUT2D eigenvalue weighted by molar-refractivity contribution is 6.31. The van der Waals surface area contributed by atoms with Gasteiger partial charge < -0.3 is 15.1 Å². The number of nitrogens with one attached hydrogen (secondary N) is 1. The molecule has 0 amide bonds. The molecule has 5 heteroatoms. The summed E-state index contributed by atoms with van der Waals surface area (Å²) in [4.78, 5) is 8.77. The maximum absolute atomic E-state index is 6.15. The Hall–Kier alpha value is -0.840. The van der Waals surface area contributed by atoms with Crippen LogP contribution < -0.4 is 10.2 Å². The Morgan fingerprint density at radius 2 is 2.00 bits per heavy atom. The second-order valence-corrected chi connectivity index (χ2v) is 5.40. The SMILES string of the molecule is CCNCc1cc(N(C)CCCN(C)C)ncc1Cl. The minimum absolute atomic E-state index is 0.728. The highest BCUT2D eigenvalue weighted by Gasteiger charge is 2.07. The first-order chi connectivity index (χ1) is 9.04. The molecule has 0 atom stereocenters. The minimum atomic E-state index is 0.728. The van der Waals surface area contributed by atoms with E-state index in [0.717, 1.165) is 49.0 Å². The highest BCUT2D eigenvalue weighted by Crippen LogP contribution is 2.19. The van der Waals surface area contributed by atoms with Crippen molar-refractivity contribution >= 4 is 17.4 Å². The monoisotopic (exact) mass is 284 g/mol. The topological polar surface area (TPSA) is 31.4 Å². The van der Waals surface area contributed by atoms with Gasteiger partial charge in [-0.1, -0.05) is 18.5 Å². The molecule has 0 aliphatic carbocycles. The third kappa shape index (κ3) is 5.76. The molecule has 0 spiro atoms. The number of anilines is 1. The zero-order valence-electron chi connectivity index (χ0n) is 12.4. The van der Waals surface area contributed by atoms with Crippen molar-refractivity contribution in [3.8, 4) is 0 Å². The van der Waals surface area contributed by atoms with Gasteiger partial charge in [0.1, 0.15) is 5.82 Å². The molecule has 4 nitrogen and oxygen atoms in total. The van der Waals surface area contributed by atoms with Crippen molar-refractivity contribution in [3.63, 3.8) is 0 Å². The molecular formula is C14H25ClN4. The predicted octanol–water partition coefficient (Wildman–Crippen LogP) is 2.23. The van der Waals surface area contributed by atoms with Crippen LogP contribution in [-0.2, 0) is 6.54 Å². The third-order valence-electron chi connectivity index (χ3n) is 2.98. The molecule has 0 saturated carbocycles. The van der Waals surface area contributed by atoms with Gasteiger partial charge in [0.2, 0.25) is 0 Å². The van der Waals surface area contributed by atoms with E-state index in [1.807, 2.05) is 0 Å². The van der Waals surface area contributed by atoms with E-state index in [4.69, 9.17) is 11.6 Å². The maximum atomic E-state index is 6.15. The van der Waals surface area contributed by atoms with Gasteiger partial charge in [-0.15, -0.1) is 0 Å². The lowest BCUT2D eigenvalue weighted by atomic mass is 10.2. The van der Waals surface area contributed by atoms with E-state index in [1.165, 1.54) is 0 Å². The minimum Gasteiger partial charge on any atom is -0.360 e. The van der Waals surface area contributed by atoms with E-state index in [2.05, 4.69) is 54.2 Å². The zero-order chi connectivity index (χ0) is 14.3. The number of hydrogen-bond acceptors (Lipinski definition) is 4. The van der Waals surface area contributed by atoms with E-state index in [1.54, 1.807) is 6.20 Å². The summed E-state index contributed by atoms with van der Waals surface area (Å²) in [5, 5.41) is 4.02. The Balaban J connectivity index is 2.61. The molecular weight excluding hydrogens is 260 g/mol. The number of rotatable bonds is 8. The van der Waals surface area contributed by atoms with Crippen molar-refractivity contribution in [1.29, 1.82) is 0 Å². The second-order valence-electron chi connectivity index (χ2n) is 4.99. The van der Waals surface area contributed by atoms with Crippen LogP contribution in [0.4, 0.5) is 5.82 Å². The van der Waals surface area contributed by atoms with Crippen LogP contribution in [0.3, 0.4) is 0 Å². The summed E-state index contributed by atoms with van der Waals surface area (Å²) in [5.74, 6) is 0.982. The number of halogens is 1. The quantitative estimate of drug-likeness (QED) is 0.793. The van der Waals surface area contributed by atoms with Crippen LogP contribution >= 0.6 is 11.6 Å². The van der Waals surface area contributed by atoms with Crippen LogP contribution in [0.15, 0.2) is 12.3 Å². The summed E-state index contributed by atoms with van der Waals surface area (Å²) >= 11 is 6.15. The van der Waals surface area contributed by atoms with Gasteiger partial charge in [0, 0.05) is 26.3 Å². The standard InChI is InChI=1S/C14H25ClN4/c1-5-16-10-12-9-14(17-11-13(12)15)19(4)8-6-7-18(2)3/h9,11,16H,5-8,10H2,1-4H3. The second kappa shape index (κ2) is 8.35. The Kier molecular flexibility index (Phi) is 7.13. The fourth-order valence-electron chi connectivity index (χ4n) is 1.81.